The van der Waals surface area contributed by atoms with E-state index in [-0.39, 0.29) is 6.54 Å². The number of thiazole rings is 1. The van der Waals surface area contributed by atoms with Crippen LogP contribution >= 0.6 is 34.7 Å². The second-order valence-electron chi connectivity index (χ2n) is 10.2. The summed E-state index contributed by atoms with van der Waals surface area (Å²) in [6.07, 6.45) is -4.81. The number of nitrogens with zero attached hydrogens (tertiary/aromatic N) is 2. The fourth-order valence-electron chi connectivity index (χ4n) is 5.50. The van der Waals surface area contributed by atoms with Crippen LogP contribution in [0.1, 0.15) is 27.5 Å². The van der Waals surface area contributed by atoms with Crippen molar-refractivity contribution in [1.82, 2.24) is 4.57 Å². The number of nitrogens with one attached hydrogen (secondary N) is 1. The van der Waals surface area contributed by atoms with Crippen molar-refractivity contribution in [2.24, 2.45) is 5.92 Å². The van der Waals surface area contributed by atoms with Crippen LogP contribution in [0.4, 0.5) is 24.5 Å². The largest absolute Gasteiger partial charge is 0.418 e. The van der Waals surface area contributed by atoms with Gasteiger partial charge in [-0.05, 0) is 54.4 Å². The Morgan fingerprint density at radius 1 is 0.977 bits per heavy atom. The summed E-state index contributed by atoms with van der Waals surface area (Å²) in [6.45, 7) is 1.51. The molecule has 220 valence electrons. The molecule has 0 spiro atoms. The van der Waals surface area contributed by atoms with Crippen LogP contribution in [0.5, 0.6) is 0 Å². The normalized spacial score (nSPS) is 19.7. The quantitative estimate of drug-likeness (QED) is 0.257. The first kappa shape index (κ1) is 29.2. The number of imide groups is 1. The molecule has 3 aromatic carbocycles. The van der Waals surface area contributed by atoms with Crippen LogP contribution in [0, 0.1) is 12.8 Å². The van der Waals surface area contributed by atoms with Gasteiger partial charge in [-0.3, -0.25) is 23.7 Å². The van der Waals surface area contributed by atoms with Crippen LogP contribution in [0.2, 0.25) is 5.02 Å². The molecule has 0 aliphatic carbocycles. The zero-order chi connectivity index (χ0) is 30.6. The number of alkyl halides is 3. The number of hydrogen-bond donors (Lipinski definition) is 1. The van der Waals surface area contributed by atoms with Crippen molar-refractivity contribution in [2.45, 2.75) is 35.8 Å². The van der Waals surface area contributed by atoms with Gasteiger partial charge in [-0.15, -0.1) is 0 Å². The van der Waals surface area contributed by atoms with Crippen molar-refractivity contribution in [2.75, 3.05) is 10.2 Å². The zero-order valence-corrected chi connectivity index (χ0v) is 24.6. The number of aryl methyl sites for hydroxylation is 1. The average molecular weight is 644 g/mol. The number of halogens is 4. The molecule has 0 saturated carbocycles. The van der Waals surface area contributed by atoms with E-state index in [2.05, 4.69) is 5.32 Å². The van der Waals surface area contributed by atoms with Crippen molar-refractivity contribution in [1.29, 1.82) is 0 Å². The molecule has 1 N–H and O–H groups in total. The summed E-state index contributed by atoms with van der Waals surface area (Å²) in [5, 5.41) is 2.36. The highest BCUT2D eigenvalue weighted by atomic mass is 35.5. The second-order valence-corrected chi connectivity index (χ2v) is 12.7. The van der Waals surface area contributed by atoms with Crippen molar-refractivity contribution in [3.63, 3.8) is 0 Å². The number of hydrogen-bond acceptors (Lipinski definition) is 6. The molecule has 2 unspecified atom stereocenters. The topological polar surface area (TPSA) is 88.5 Å². The Hall–Kier alpha value is -3.87. The predicted octanol–water partition coefficient (Wildman–Crippen LogP) is 6.32. The summed E-state index contributed by atoms with van der Waals surface area (Å²) in [5.74, 6) is -4.03. The minimum atomic E-state index is -4.81. The van der Waals surface area contributed by atoms with E-state index in [0.717, 1.165) is 40.8 Å². The molecule has 2 aliphatic rings. The first-order valence-corrected chi connectivity index (χ1v) is 15.1. The summed E-state index contributed by atoms with van der Waals surface area (Å²) in [6, 6.07) is 18.1. The third-order valence-electron chi connectivity index (χ3n) is 7.33. The number of aromatic nitrogens is 1. The number of rotatable bonds is 5. The van der Waals surface area contributed by atoms with Crippen molar-refractivity contribution in [3.05, 3.63) is 109 Å². The molecule has 7 nitrogen and oxygen atoms in total. The fourth-order valence-corrected chi connectivity index (χ4v) is 8.40. The lowest BCUT2D eigenvalue weighted by Gasteiger charge is -2.30. The number of thioether (sulfide) groups is 1. The SMILES string of the molecule is Cc1cccc(NC(=O)Cn2c3c(sc2=O)[C@H](c2ccc(Cl)cc2)C2C(=O)N(c4ccccc4C(F)(F)F)C(=O)C2S3)c1. The van der Waals surface area contributed by atoms with Crippen LogP contribution in [0.15, 0.2) is 82.6 Å². The summed E-state index contributed by atoms with van der Waals surface area (Å²) in [5.41, 5.74) is 0.377. The maximum Gasteiger partial charge on any atom is 0.418 e. The van der Waals surface area contributed by atoms with Gasteiger partial charge >= 0.3 is 11.0 Å². The van der Waals surface area contributed by atoms with Gasteiger partial charge in [0.15, 0.2) is 0 Å². The van der Waals surface area contributed by atoms with E-state index in [4.69, 9.17) is 11.6 Å². The smallest absolute Gasteiger partial charge is 0.325 e. The maximum atomic E-state index is 13.9. The molecule has 43 heavy (non-hydrogen) atoms. The second kappa shape index (κ2) is 11.0. The van der Waals surface area contributed by atoms with E-state index in [1.54, 1.807) is 42.5 Å². The number of carbonyl (C=O) groups is 3. The molecule has 1 fully saturated rings. The molecule has 3 atom stereocenters. The Morgan fingerprint density at radius 2 is 1.70 bits per heavy atom. The fraction of sp³-hybridized carbons (Fsp3) is 0.200. The predicted molar refractivity (Wildman–Crippen MR) is 159 cm³/mol. The number of fused-ring (bicyclic) bond motifs is 2. The lowest BCUT2D eigenvalue weighted by atomic mass is 9.83. The highest BCUT2D eigenvalue weighted by Crippen LogP contribution is 2.54. The van der Waals surface area contributed by atoms with Gasteiger partial charge in [0, 0.05) is 21.5 Å². The third kappa shape index (κ3) is 5.28. The van der Waals surface area contributed by atoms with Crippen LogP contribution in [-0.2, 0) is 27.1 Å². The molecule has 6 rings (SSSR count). The van der Waals surface area contributed by atoms with Crippen molar-refractivity contribution >= 4 is 63.8 Å². The summed E-state index contributed by atoms with van der Waals surface area (Å²) in [4.78, 5) is 54.6. The average Bonchev–Trinajstić information content (AvgIpc) is 3.39. The number of amides is 3. The van der Waals surface area contributed by atoms with Gasteiger partial charge in [0.05, 0.1) is 22.2 Å². The highest BCUT2D eigenvalue weighted by Gasteiger charge is 2.57. The Morgan fingerprint density at radius 3 is 2.40 bits per heavy atom. The van der Waals surface area contributed by atoms with Crippen molar-refractivity contribution < 1.29 is 27.6 Å². The summed E-state index contributed by atoms with van der Waals surface area (Å²) in [7, 11) is 0. The Labute approximate surface area is 256 Å². The third-order valence-corrected chi connectivity index (χ3v) is 10.2. The van der Waals surface area contributed by atoms with E-state index in [1.165, 1.54) is 16.7 Å². The molecule has 1 saturated heterocycles. The minimum absolute atomic E-state index is 0.322. The minimum Gasteiger partial charge on any atom is -0.325 e. The lowest BCUT2D eigenvalue weighted by molar-refractivity contribution is -0.137. The molecule has 1 aromatic heterocycles. The number of benzene rings is 3. The van der Waals surface area contributed by atoms with Gasteiger partial charge in [-0.1, -0.05) is 71.1 Å². The maximum absolute atomic E-state index is 13.9. The van der Waals surface area contributed by atoms with Crippen LogP contribution in [0.3, 0.4) is 0 Å². The van der Waals surface area contributed by atoms with E-state index >= 15 is 0 Å². The number of para-hydroxylation sites is 1. The monoisotopic (exact) mass is 643 g/mol. The zero-order valence-electron chi connectivity index (χ0n) is 22.2. The van der Waals surface area contributed by atoms with Crippen LogP contribution < -0.4 is 15.1 Å². The number of anilines is 2. The highest BCUT2D eigenvalue weighted by molar-refractivity contribution is 8.00. The van der Waals surface area contributed by atoms with E-state index < -0.39 is 57.1 Å². The van der Waals surface area contributed by atoms with E-state index in [1.807, 2.05) is 13.0 Å². The first-order valence-electron chi connectivity index (χ1n) is 13.0. The molecule has 3 heterocycles. The van der Waals surface area contributed by atoms with Crippen molar-refractivity contribution in [3.8, 4) is 0 Å². The molecule has 0 bridgehead atoms. The van der Waals surface area contributed by atoms with Gasteiger partial charge in [-0.2, -0.15) is 13.2 Å². The summed E-state index contributed by atoms with van der Waals surface area (Å²) >= 11 is 7.87. The van der Waals surface area contributed by atoms with Crippen LogP contribution in [-0.4, -0.2) is 27.5 Å². The van der Waals surface area contributed by atoms with E-state index in [0.29, 0.717) is 31.1 Å². The van der Waals surface area contributed by atoms with E-state index in [9.17, 15) is 32.3 Å². The number of carbonyl (C=O) groups excluding carboxylic acids is 3. The molecular formula is C30H21ClF3N3O4S2. The Bertz CT molecular complexity index is 1840. The molecule has 13 heteroatoms. The summed E-state index contributed by atoms with van der Waals surface area (Å²) < 4.78 is 43.0. The van der Waals surface area contributed by atoms with Gasteiger partial charge < -0.3 is 5.32 Å². The Kier molecular flexibility index (Phi) is 7.47. The molecular weight excluding hydrogens is 623 g/mol. The standard InChI is InChI=1S/C30H21ClF3N3O4S2/c1-15-5-4-6-18(13-15)35-21(38)14-36-28-25(43-29(36)41)22(16-9-11-17(31)12-10-16)23-24(42-28)27(40)37(26(23)39)20-8-3-2-7-19(20)30(32,33)34/h2-13,22-24H,14H2,1H3,(H,35,38)/t22-,23?,24?/m1/s1. The molecule has 0 radical (unpaired) electrons. The van der Waals surface area contributed by atoms with Gasteiger partial charge in [-0.25, -0.2) is 4.90 Å². The van der Waals surface area contributed by atoms with Gasteiger partial charge in [0.1, 0.15) is 11.8 Å². The Balaban J connectivity index is 1.43. The molecule has 2 aliphatic heterocycles. The first-order chi connectivity index (χ1) is 20.4. The molecule has 3 amide bonds. The van der Waals surface area contributed by atoms with Gasteiger partial charge in [0.25, 0.3) is 0 Å². The molecule has 4 aromatic rings. The van der Waals surface area contributed by atoms with Crippen LogP contribution in [0.25, 0.3) is 0 Å². The lowest BCUT2D eigenvalue weighted by Crippen LogP contribution is -2.33. The van der Waals surface area contributed by atoms with Gasteiger partial charge in [0.2, 0.25) is 17.7 Å².